The van der Waals surface area contributed by atoms with Crippen LogP contribution >= 0.6 is 11.6 Å². The van der Waals surface area contributed by atoms with Gasteiger partial charge < -0.3 is 29.8 Å². The lowest BCUT2D eigenvalue weighted by molar-refractivity contribution is 0.318. The molecular formula is C33H41ClN2O5. The summed E-state index contributed by atoms with van der Waals surface area (Å²) in [4.78, 5) is 8.33. The van der Waals surface area contributed by atoms with E-state index in [0.29, 0.717) is 16.6 Å². The Morgan fingerprint density at radius 2 is 1.07 bits per heavy atom. The topological polar surface area (TPSA) is 123 Å². The second-order valence-corrected chi connectivity index (χ2v) is 8.42. The Labute approximate surface area is 247 Å². The summed E-state index contributed by atoms with van der Waals surface area (Å²) in [6.07, 6.45) is 0. The van der Waals surface area contributed by atoms with Gasteiger partial charge in [-0.3, -0.25) is 0 Å². The molecule has 3 aromatic carbocycles. The van der Waals surface area contributed by atoms with Crippen molar-refractivity contribution in [1.82, 2.24) is 9.97 Å². The molecule has 0 saturated heterocycles. The van der Waals surface area contributed by atoms with Gasteiger partial charge >= 0.3 is 0 Å². The lowest BCUT2D eigenvalue weighted by Gasteiger charge is -2.02. The molecule has 0 aliphatic carbocycles. The monoisotopic (exact) mass is 580 g/mol. The van der Waals surface area contributed by atoms with Gasteiger partial charge in [-0.25, -0.2) is 4.98 Å². The summed E-state index contributed by atoms with van der Waals surface area (Å²) in [6.45, 7) is 7.72. The van der Waals surface area contributed by atoms with Crippen molar-refractivity contribution in [2.24, 2.45) is 0 Å². The molecule has 7 nitrogen and oxygen atoms in total. The maximum atomic E-state index is 7.57. The van der Waals surface area contributed by atoms with Crippen LogP contribution in [-0.2, 0) is 0 Å². The van der Waals surface area contributed by atoms with Crippen LogP contribution in [0, 0.1) is 0 Å². The smallest absolute Gasteiger partial charge is 0.174 e. The van der Waals surface area contributed by atoms with Crippen LogP contribution in [-0.4, -0.2) is 56.8 Å². The van der Waals surface area contributed by atoms with Crippen LogP contribution in [0.3, 0.4) is 0 Å². The minimum absolute atomic E-state index is 0.250. The van der Waals surface area contributed by atoms with Crippen LogP contribution in [0.25, 0.3) is 45.4 Å². The summed E-state index contributed by atoms with van der Waals surface area (Å²) < 4.78 is 6.10. The number of nitrogens with zero attached hydrogens (tertiary/aromatic N) is 1. The van der Waals surface area contributed by atoms with Crippen molar-refractivity contribution in [2.45, 2.75) is 27.7 Å². The van der Waals surface area contributed by atoms with Gasteiger partial charge in [-0.15, -0.1) is 0 Å². The third-order valence-electron chi connectivity index (χ3n) is 4.76. The number of nitrogens with one attached hydrogen (secondary N) is 1. The molecule has 2 heterocycles. The first-order chi connectivity index (χ1) is 19.9. The fraction of sp³-hybridized carbons (Fsp3) is 0.242. The summed E-state index contributed by atoms with van der Waals surface area (Å²) in [6, 6.07) is 31.8. The van der Waals surface area contributed by atoms with E-state index >= 15 is 0 Å². The first-order valence-corrected chi connectivity index (χ1v) is 13.8. The van der Waals surface area contributed by atoms with Gasteiger partial charge in [-0.1, -0.05) is 84.4 Å². The Balaban J connectivity index is 0.000000607. The third-order valence-corrected chi connectivity index (χ3v) is 5.00. The minimum Gasteiger partial charge on any atom is -0.453 e. The Morgan fingerprint density at radius 3 is 1.59 bits per heavy atom. The molecule has 5 N–H and O–H groups in total. The summed E-state index contributed by atoms with van der Waals surface area (Å²) in [7, 11) is 0. The Morgan fingerprint density at radius 1 is 0.610 bits per heavy atom. The zero-order chi connectivity index (χ0) is 30.5. The van der Waals surface area contributed by atoms with Crippen molar-refractivity contribution < 1.29 is 24.8 Å². The number of furan rings is 1. The number of aromatic amines is 1. The molecule has 0 aliphatic rings. The number of H-pyrrole nitrogens is 1. The number of aromatic nitrogens is 2. The Kier molecular flexibility index (Phi) is 18.2. The Hall–Kier alpha value is -3.72. The van der Waals surface area contributed by atoms with Crippen LogP contribution in [0.5, 0.6) is 0 Å². The first-order valence-electron chi connectivity index (χ1n) is 13.4. The van der Waals surface area contributed by atoms with Gasteiger partial charge in [0.05, 0.1) is 11.4 Å². The van der Waals surface area contributed by atoms with Crippen molar-refractivity contribution in [3.05, 3.63) is 102 Å². The van der Waals surface area contributed by atoms with Gasteiger partial charge in [0.2, 0.25) is 0 Å². The van der Waals surface area contributed by atoms with Crippen molar-refractivity contribution in [1.29, 1.82) is 0 Å². The fourth-order valence-electron chi connectivity index (χ4n) is 3.37. The molecule has 0 radical (unpaired) electrons. The number of hydrogen-bond acceptors (Lipinski definition) is 6. The molecule has 5 aromatic rings. The van der Waals surface area contributed by atoms with Crippen molar-refractivity contribution in [3.63, 3.8) is 0 Å². The molecule has 0 saturated carbocycles. The van der Waals surface area contributed by atoms with Crippen LogP contribution in [0.4, 0.5) is 0 Å². The van der Waals surface area contributed by atoms with E-state index < -0.39 is 0 Å². The van der Waals surface area contributed by atoms with Crippen LogP contribution < -0.4 is 0 Å². The molecule has 0 fully saturated rings. The molecule has 5 rings (SSSR count). The normalized spacial score (nSPS) is 9.49. The molecule has 0 spiro atoms. The predicted octanol–water partition coefficient (Wildman–Crippen LogP) is 7.32. The van der Waals surface area contributed by atoms with Gasteiger partial charge in [0.25, 0.3) is 0 Å². The molecule has 0 unspecified atom stereocenters. The SMILES string of the molecule is CCO.CCO.CCO.CCO.Clc1cccc(-c2ccc(-c3nc(-c4ccccc4)c(-c4ccccc4)[nH]3)o2)c1. The zero-order valence-corrected chi connectivity index (χ0v) is 24.8. The van der Waals surface area contributed by atoms with E-state index in [1.54, 1.807) is 27.7 Å². The summed E-state index contributed by atoms with van der Waals surface area (Å²) in [5.41, 5.74) is 4.92. The standard InChI is InChI=1S/C25H17ClN2O.4C2H6O/c26-20-13-7-12-19(16-20)21-14-15-22(29-21)25-27-23(17-8-3-1-4-9-17)24(28-25)18-10-5-2-6-11-18;4*1-2-3/h1-16H,(H,27,28);4*3H,2H2,1H3. The van der Waals surface area contributed by atoms with Gasteiger partial charge in [0.1, 0.15) is 5.76 Å². The van der Waals surface area contributed by atoms with E-state index in [2.05, 4.69) is 29.2 Å². The van der Waals surface area contributed by atoms with Gasteiger partial charge in [0, 0.05) is 48.1 Å². The number of imidazole rings is 1. The number of hydrogen-bond donors (Lipinski definition) is 5. The van der Waals surface area contributed by atoms with Crippen LogP contribution in [0.2, 0.25) is 5.02 Å². The quantitative estimate of drug-likeness (QED) is 0.152. The van der Waals surface area contributed by atoms with Crippen molar-refractivity contribution in [3.8, 4) is 45.4 Å². The number of rotatable bonds is 4. The van der Waals surface area contributed by atoms with E-state index in [9.17, 15) is 0 Å². The predicted molar refractivity (Wildman–Crippen MR) is 169 cm³/mol. The molecule has 0 aliphatic heterocycles. The number of halogens is 1. The highest BCUT2D eigenvalue weighted by molar-refractivity contribution is 6.30. The first kappa shape index (κ1) is 35.3. The molecular weight excluding hydrogens is 540 g/mol. The van der Waals surface area contributed by atoms with E-state index in [1.165, 1.54) is 0 Å². The average molecular weight is 581 g/mol. The van der Waals surface area contributed by atoms with E-state index in [0.717, 1.165) is 33.8 Å². The Bertz CT molecular complexity index is 1270. The van der Waals surface area contributed by atoms with Gasteiger partial charge in [-0.2, -0.15) is 0 Å². The molecule has 0 amide bonds. The fourth-order valence-corrected chi connectivity index (χ4v) is 3.56. The van der Waals surface area contributed by atoms with Crippen LogP contribution in [0.15, 0.2) is 101 Å². The number of aliphatic hydroxyl groups is 4. The van der Waals surface area contributed by atoms with E-state index in [1.807, 2.05) is 72.8 Å². The second kappa shape index (κ2) is 21.1. The minimum atomic E-state index is 0.250. The lowest BCUT2D eigenvalue weighted by Crippen LogP contribution is -1.82. The van der Waals surface area contributed by atoms with Crippen LogP contribution in [0.1, 0.15) is 27.7 Å². The molecule has 8 heteroatoms. The maximum absolute atomic E-state index is 7.57. The van der Waals surface area contributed by atoms with Crippen molar-refractivity contribution >= 4 is 11.6 Å². The highest BCUT2D eigenvalue weighted by atomic mass is 35.5. The van der Waals surface area contributed by atoms with Gasteiger partial charge in [0.15, 0.2) is 11.6 Å². The van der Waals surface area contributed by atoms with Crippen molar-refractivity contribution in [2.75, 3.05) is 26.4 Å². The van der Waals surface area contributed by atoms with E-state index in [4.69, 9.17) is 41.4 Å². The third kappa shape index (κ3) is 12.1. The number of aliphatic hydroxyl groups excluding tert-OH is 4. The second-order valence-electron chi connectivity index (χ2n) is 7.98. The average Bonchev–Trinajstić information content (AvgIpc) is 3.64. The molecule has 0 bridgehead atoms. The molecule has 0 atom stereocenters. The highest BCUT2D eigenvalue weighted by Crippen LogP contribution is 2.35. The maximum Gasteiger partial charge on any atom is 0.174 e. The summed E-state index contributed by atoms with van der Waals surface area (Å²) in [5, 5.41) is 31.0. The van der Waals surface area contributed by atoms with E-state index in [-0.39, 0.29) is 26.4 Å². The highest BCUT2D eigenvalue weighted by Gasteiger charge is 2.17. The lowest BCUT2D eigenvalue weighted by atomic mass is 10.1. The van der Waals surface area contributed by atoms with Gasteiger partial charge in [-0.05, 0) is 52.0 Å². The molecule has 2 aromatic heterocycles. The summed E-state index contributed by atoms with van der Waals surface area (Å²) >= 11 is 6.12. The largest absolute Gasteiger partial charge is 0.453 e. The number of benzene rings is 3. The summed E-state index contributed by atoms with van der Waals surface area (Å²) in [5.74, 6) is 2.12. The molecule has 220 valence electrons. The molecule has 41 heavy (non-hydrogen) atoms. The zero-order valence-electron chi connectivity index (χ0n) is 24.1.